The fourth-order valence-electron chi connectivity index (χ4n) is 3.20. The maximum Gasteiger partial charge on any atom is 0.123 e. The topological polar surface area (TPSA) is 12.0 Å². The first-order valence-corrected chi connectivity index (χ1v) is 8.25. The minimum absolute atomic E-state index is 0.174. The molecule has 110 valence electrons. The van der Waals surface area contributed by atoms with Gasteiger partial charge in [-0.15, -0.1) is 11.8 Å². The predicted molar refractivity (Wildman–Crippen MR) is 87.3 cm³/mol. The van der Waals surface area contributed by atoms with Gasteiger partial charge in [-0.2, -0.15) is 0 Å². The van der Waals surface area contributed by atoms with Crippen LogP contribution in [-0.4, -0.2) is 12.3 Å². The lowest BCUT2D eigenvalue weighted by atomic mass is 9.81. The number of hydrogen-bond donors (Lipinski definition) is 1. The molecule has 0 amide bonds. The number of rotatable bonds is 3. The van der Waals surface area contributed by atoms with Gasteiger partial charge in [0.25, 0.3) is 0 Å². The Morgan fingerprint density at radius 1 is 1.05 bits per heavy atom. The largest absolute Gasteiger partial charge is 0.312 e. The van der Waals surface area contributed by atoms with Crippen LogP contribution in [0.1, 0.15) is 36.4 Å². The highest BCUT2D eigenvalue weighted by atomic mass is 32.2. The molecule has 0 aromatic heterocycles. The maximum absolute atomic E-state index is 13.0. The number of benzene rings is 2. The van der Waals surface area contributed by atoms with Crippen molar-refractivity contribution in [1.29, 1.82) is 0 Å². The average molecular weight is 301 g/mol. The van der Waals surface area contributed by atoms with Crippen molar-refractivity contribution in [2.24, 2.45) is 0 Å². The summed E-state index contributed by atoms with van der Waals surface area (Å²) in [5.74, 6) is 0.385. The first kappa shape index (κ1) is 14.6. The van der Waals surface area contributed by atoms with Crippen molar-refractivity contribution in [3.05, 3.63) is 65.5 Å². The smallest absolute Gasteiger partial charge is 0.123 e. The molecule has 21 heavy (non-hydrogen) atoms. The SMILES string of the molecule is CNC1c2ccccc2C(C)CC1Sc1ccc(F)cc1. The fraction of sp³-hybridized carbons (Fsp3) is 0.333. The standard InChI is InChI=1S/C18H20FNS/c1-12-11-17(21-14-9-7-13(19)8-10-14)18(20-2)16-6-4-3-5-15(12)16/h3-10,12,17-18,20H,11H2,1-2H3. The van der Waals surface area contributed by atoms with E-state index in [1.807, 2.05) is 30.9 Å². The molecule has 0 saturated carbocycles. The molecule has 2 aromatic carbocycles. The molecule has 1 nitrogen and oxygen atoms in total. The Labute approximate surface area is 130 Å². The van der Waals surface area contributed by atoms with Crippen molar-refractivity contribution in [1.82, 2.24) is 5.32 Å². The van der Waals surface area contributed by atoms with Crippen LogP contribution in [0.25, 0.3) is 0 Å². The number of thioether (sulfide) groups is 1. The Kier molecular flexibility index (Phi) is 4.32. The van der Waals surface area contributed by atoms with Crippen LogP contribution < -0.4 is 5.32 Å². The molecule has 1 aliphatic rings. The predicted octanol–water partition coefficient (Wildman–Crippen LogP) is 4.75. The third-order valence-corrected chi connectivity index (χ3v) is 5.54. The molecule has 0 spiro atoms. The molecule has 0 heterocycles. The van der Waals surface area contributed by atoms with Crippen LogP contribution in [0.5, 0.6) is 0 Å². The summed E-state index contributed by atoms with van der Waals surface area (Å²) < 4.78 is 13.0. The summed E-state index contributed by atoms with van der Waals surface area (Å²) in [7, 11) is 2.02. The van der Waals surface area contributed by atoms with Crippen molar-refractivity contribution in [3.8, 4) is 0 Å². The molecular formula is C18H20FNS. The van der Waals surface area contributed by atoms with Crippen LogP contribution in [0, 0.1) is 5.82 Å². The number of halogens is 1. The molecule has 0 aliphatic heterocycles. The normalized spacial score (nSPS) is 24.6. The summed E-state index contributed by atoms with van der Waals surface area (Å²) >= 11 is 1.84. The lowest BCUT2D eigenvalue weighted by molar-refractivity contribution is 0.473. The fourth-order valence-corrected chi connectivity index (χ4v) is 4.65. The van der Waals surface area contributed by atoms with Gasteiger partial charge in [-0.25, -0.2) is 4.39 Å². The van der Waals surface area contributed by atoms with E-state index in [1.165, 1.54) is 23.3 Å². The molecule has 1 N–H and O–H groups in total. The number of hydrogen-bond acceptors (Lipinski definition) is 2. The Morgan fingerprint density at radius 2 is 1.71 bits per heavy atom. The molecule has 3 rings (SSSR count). The van der Waals surface area contributed by atoms with Crippen molar-refractivity contribution < 1.29 is 4.39 Å². The Bertz CT molecular complexity index is 611. The molecule has 0 bridgehead atoms. The van der Waals surface area contributed by atoms with Crippen LogP contribution in [0.4, 0.5) is 4.39 Å². The zero-order chi connectivity index (χ0) is 14.8. The third kappa shape index (κ3) is 2.99. The highest BCUT2D eigenvalue weighted by Crippen LogP contribution is 2.44. The van der Waals surface area contributed by atoms with E-state index in [9.17, 15) is 4.39 Å². The van der Waals surface area contributed by atoms with E-state index >= 15 is 0 Å². The molecule has 3 unspecified atom stereocenters. The summed E-state index contributed by atoms with van der Waals surface area (Å²) in [5.41, 5.74) is 2.85. The van der Waals surface area contributed by atoms with Crippen molar-refractivity contribution >= 4 is 11.8 Å². The second kappa shape index (κ2) is 6.20. The molecule has 3 heteroatoms. The van der Waals surface area contributed by atoms with Gasteiger partial charge in [0.1, 0.15) is 5.82 Å². The quantitative estimate of drug-likeness (QED) is 0.877. The van der Waals surface area contributed by atoms with Crippen molar-refractivity contribution in [2.75, 3.05) is 7.05 Å². The molecule has 0 radical (unpaired) electrons. The Balaban J connectivity index is 1.87. The molecular weight excluding hydrogens is 281 g/mol. The van der Waals surface area contributed by atoms with E-state index in [1.54, 1.807) is 0 Å². The first-order valence-electron chi connectivity index (χ1n) is 7.37. The molecule has 3 atom stereocenters. The molecule has 1 aliphatic carbocycles. The summed E-state index contributed by atoms with van der Waals surface area (Å²) in [6, 6.07) is 15.9. The summed E-state index contributed by atoms with van der Waals surface area (Å²) in [5, 5.41) is 3.93. The highest BCUT2D eigenvalue weighted by Gasteiger charge is 2.32. The summed E-state index contributed by atoms with van der Waals surface area (Å²) in [6.07, 6.45) is 1.13. The minimum atomic E-state index is -0.174. The monoisotopic (exact) mass is 301 g/mol. The Hall–Kier alpha value is -1.32. The maximum atomic E-state index is 13.0. The van der Waals surface area contributed by atoms with Gasteiger partial charge in [0.05, 0.1) is 0 Å². The van der Waals surface area contributed by atoms with Gasteiger partial charge in [-0.3, -0.25) is 0 Å². The second-order valence-corrected chi connectivity index (χ2v) is 6.95. The Morgan fingerprint density at radius 3 is 2.38 bits per heavy atom. The average Bonchev–Trinajstić information content (AvgIpc) is 2.50. The van der Waals surface area contributed by atoms with Crippen molar-refractivity contribution in [3.63, 3.8) is 0 Å². The van der Waals surface area contributed by atoms with Crippen molar-refractivity contribution in [2.45, 2.75) is 35.4 Å². The first-order chi connectivity index (χ1) is 10.2. The van der Waals surface area contributed by atoms with Gasteiger partial charge in [0, 0.05) is 16.2 Å². The molecule has 2 aromatic rings. The highest BCUT2D eigenvalue weighted by molar-refractivity contribution is 8.00. The van der Waals surface area contributed by atoms with Gasteiger partial charge >= 0.3 is 0 Å². The van der Waals surface area contributed by atoms with Gasteiger partial charge in [0.2, 0.25) is 0 Å². The number of fused-ring (bicyclic) bond motifs is 1. The summed E-state index contributed by atoms with van der Waals surface area (Å²) in [4.78, 5) is 1.13. The molecule has 0 saturated heterocycles. The second-order valence-electron chi connectivity index (χ2n) is 5.64. The lowest BCUT2D eigenvalue weighted by Crippen LogP contribution is -2.33. The third-order valence-electron chi connectivity index (χ3n) is 4.23. The lowest BCUT2D eigenvalue weighted by Gasteiger charge is -2.36. The van der Waals surface area contributed by atoms with E-state index in [4.69, 9.17) is 0 Å². The minimum Gasteiger partial charge on any atom is -0.312 e. The van der Waals surface area contributed by atoms with Crippen LogP contribution >= 0.6 is 11.8 Å². The van der Waals surface area contributed by atoms with Gasteiger partial charge in [0.15, 0.2) is 0 Å². The molecule has 0 fully saturated rings. The van der Waals surface area contributed by atoms with E-state index in [-0.39, 0.29) is 5.82 Å². The van der Waals surface area contributed by atoms with E-state index < -0.39 is 0 Å². The van der Waals surface area contributed by atoms with Gasteiger partial charge in [-0.05, 0) is 54.8 Å². The zero-order valence-corrected chi connectivity index (χ0v) is 13.2. The van der Waals surface area contributed by atoms with E-state index in [0.717, 1.165) is 11.3 Å². The van der Waals surface area contributed by atoms with E-state index in [2.05, 4.69) is 36.5 Å². The van der Waals surface area contributed by atoms with Crippen LogP contribution in [0.15, 0.2) is 53.4 Å². The zero-order valence-electron chi connectivity index (χ0n) is 12.3. The van der Waals surface area contributed by atoms with E-state index in [0.29, 0.717) is 17.2 Å². The summed E-state index contributed by atoms with van der Waals surface area (Å²) in [6.45, 7) is 2.29. The van der Waals surface area contributed by atoms with Crippen LogP contribution in [0.2, 0.25) is 0 Å². The van der Waals surface area contributed by atoms with Crippen LogP contribution in [-0.2, 0) is 0 Å². The van der Waals surface area contributed by atoms with Gasteiger partial charge < -0.3 is 5.32 Å². The number of nitrogens with one attached hydrogen (secondary N) is 1. The van der Waals surface area contributed by atoms with Gasteiger partial charge in [-0.1, -0.05) is 31.2 Å². The van der Waals surface area contributed by atoms with Crippen LogP contribution in [0.3, 0.4) is 0 Å².